The van der Waals surface area contributed by atoms with Crippen LogP contribution >= 0.6 is 11.6 Å². The monoisotopic (exact) mass is 311 g/mol. The van der Waals surface area contributed by atoms with Crippen molar-refractivity contribution in [3.05, 3.63) is 41.4 Å². The number of hydrogen-bond acceptors (Lipinski definition) is 3. The summed E-state index contributed by atoms with van der Waals surface area (Å²) in [6.07, 6.45) is 6.38. The highest BCUT2D eigenvalue weighted by Crippen LogP contribution is 2.28. The quantitative estimate of drug-likeness (QED) is 0.463. The van der Waals surface area contributed by atoms with Crippen molar-refractivity contribution in [3.63, 3.8) is 0 Å². The summed E-state index contributed by atoms with van der Waals surface area (Å²) in [5.41, 5.74) is 1.09. The van der Waals surface area contributed by atoms with Crippen LogP contribution in [0, 0.1) is 0 Å². The molecule has 0 saturated heterocycles. The van der Waals surface area contributed by atoms with Crippen LogP contribution in [-0.4, -0.2) is 26.9 Å². The van der Waals surface area contributed by atoms with Crippen molar-refractivity contribution in [2.75, 3.05) is 26.9 Å². The van der Waals surface area contributed by atoms with Gasteiger partial charge in [0.1, 0.15) is 5.75 Å². The topological polar surface area (TPSA) is 30.5 Å². The predicted molar refractivity (Wildman–Crippen MR) is 89.2 cm³/mol. The number of unbranched alkanes of at least 4 members (excludes halogenated alkanes) is 3. The molecule has 0 fully saturated rings. The number of halogens is 1. The second-order valence-corrected chi connectivity index (χ2v) is 5.29. The van der Waals surface area contributed by atoms with Crippen molar-refractivity contribution in [1.29, 1.82) is 0 Å². The summed E-state index contributed by atoms with van der Waals surface area (Å²) in [4.78, 5) is 0. The standard InChI is InChI=1S/C17H26ClNO2/c1-3-4-5-6-7-12-21-17-15(9-8-10-16(17)18)14-19-11-13-20-2/h3,8-10,19H,1,4-7,11-14H2,2H3. The van der Waals surface area contributed by atoms with E-state index in [0.717, 1.165) is 43.7 Å². The Bertz CT molecular complexity index is 410. The van der Waals surface area contributed by atoms with Gasteiger partial charge in [0.05, 0.1) is 18.2 Å². The summed E-state index contributed by atoms with van der Waals surface area (Å²) in [6.45, 7) is 6.66. The van der Waals surface area contributed by atoms with Gasteiger partial charge in [-0.25, -0.2) is 0 Å². The minimum atomic E-state index is 0.673. The van der Waals surface area contributed by atoms with E-state index >= 15 is 0 Å². The smallest absolute Gasteiger partial charge is 0.142 e. The molecule has 0 aromatic heterocycles. The van der Waals surface area contributed by atoms with Crippen LogP contribution in [0.4, 0.5) is 0 Å². The van der Waals surface area contributed by atoms with E-state index in [4.69, 9.17) is 21.1 Å². The number of ether oxygens (including phenoxy) is 2. The lowest BCUT2D eigenvalue weighted by atomic mass is 10.2. The highest BCUT2D eigenvalue weighted by molar-refractivity contribution is 6.32. The van der Waals surface area contributed by atoms with Crippen molar-refractivity contribution in [2.45, 2.75) is 32.2 Å². The average Bonchev–Trinajstić information content (AvgIpc) is 2.49. The summed E-state index contributed by atoms with van der Waals surface area (Å²) < 4.78 is 10.9. The minimum Gasteiger partial charge on any atom is -0.492 e. The number of hydrogen-bond donors (Lipinski definition) is 1. The van der Waals surface area contributed by atoms with E-state index in [0.29, 0.717) is 18.2 Å². The fraction of sp³-hybridized carbons (Fsp3) is 0.529. The van der Waals surface area contributed by atoms with Crippen molar-refractivity contribution in [2.24, 2.45) is 0 Å². The Hall–Kier alpha value is -1.03. The molecular formula is C17H26ClNO2. The summed E-state index contributed by atoms with van der Waals surface area (Å²) in [5, 5.41) is 3.99. The first-order valence-electron chi connectivity index (χ1n) is 7.50. The van der Waals surface area contributed by atoms with E-state index in [1.165, 1.54) is 6.42 Å². The van der Waals surface area contributed by atoms with Crippen LogP contribution in [0.3, 0.4) is 0 Å². The van der Waals surface area contributed by atoms with Gasteiger partial charge < -0.3 is 14.8 Å². The highest BCUT2D eigenvalue weighted by Gasteiger charge is 2.08. The maximum absolute atomic E-state index is 6.24. The molecule has 0 radical (unpaired) electrons. The molecule has 0 spiro atoms. The Morgan fingerprint density at radius 1 is 1.24 bits per heavy atom. The van der Waals surface area contributed by atoms with E-state index in [-0.39, 0.29) is 0 Å². The molecular weight excluding hydrogens is 286 g/mol. The van der Waals surface area contributed by atoms with Crippen LogP contribution < -0.4 is 10.1 Å². The zero-order valence-corrected chi connectivity index (χ0v) is 13.6. The van der Waals surface area contributed by atoms with Crippen molar-refractivity contribution in [3.8, 4) is 5.75 Å². The third kappa shape index (κ3) is 7.51. The highest BCUT2D eigenvalue weighted by atomic mass is 35.5. The number of benzene rings is 1. The SMILES string of the molecule is C=CCCCCCOc1c(Cl)cccc1CNCCOC. The minimum absolute atomic E-state index is 0.673. The van der Waals surface area contributed by atoms with Crippen LogP contribution in [0.15, 0.2) is 30.9 Å². The van der Waals surface area contributed by atoms with Gasteiger partial charge in [-0.3, -0.25) is 0 Å². The number of para-hydroxylation sites is 1. The molecule has 4 heteroatoms. The van der Waals surface area contributed by atoms with Gasteiger partial charge in [-0.2, -0.15) is 0 Å². The number of allylic oxidation sites excluding steroid dienone is 1. The van der Waals surface area contributed by atoms with Crippen LogP contribution in [-0.2, 0) is 11.3 Å². The van der Waals surface area contributed by atoms with Crippen LogP contribution in [0.2, 0.25) is 5.02 Å². The Balaban J connectivity index is 2.41. The normalized spacial score (nSPS) is 10.6. The van der Waals surface area contributed by atoms with Gasteiger partial charge >= 0.3 is 0 Å². The molecule has 0 aliphatic carbocycles. The Kier molecular flexibility index (Phi) is 9.96. The fourth-order valence-electron chi connectivity index (χ4n) is 1.99. The Morgan fingerprint density at radius 2 is 2.10 bits per heavy atom. The molecule has 0 aliphatic rings. The summed E-state index contributed by atoms with van der Waals surface area (Å²) >= 11 is 6.24. The second kappa shape index (κ2) is 11.6. The average molecular weight is 312 g/mol. The predicted octanol–water partition coefficient (Wildman–Crippen LogP) is 4.20. The second-order valence-electron chi connectivity index (χ2n) is 4.88. The molecule has 1 N–H and O–H groups in total. The molecule has 0 aliphatic heterocycles. The molecule has 0 saturated carbocycles. The number of methoxy groups -OCH3 is 1. The first kappa shape index (κ1) is 18.0. The van der Waals surface area contributed by atoms with Gasteiger partial charge in [0, 0.05) is 25.8 Å². The van der Waals surface area contributed by atoms with E-state index in [1.54, 1.807) is 7.11 Å². The maximum atomic E-state index is 6.24. The lowest BCUT2D eigenvalue weighted by Gasteiger charge is -2.13. The van der Waals surface area contributed by atoms with Gasteiger partial charge in [0.25, 0.3) is 0 Å². The van der Waals surface area contributed by atoms with Crippen molar-refractivity contribution >= 4 is 11.6 Å². The lowest BCUT2D eigenvalue weighted by Crippen LogP contribution is -2.19. The van der Waals surface area contributed by atoms with E-state index in [1.807, 2.05) is 24.3 Å². The molecule has 1 rings (SSSR count). The van der Waals surface area contributed by atoms with Gasteiger partial charge in [-0.05, 0) is 31.7 Å². The fourth-order valence-corrected chi connectivity index (χ4v) is 2.24. The van der Waals surface area contributed by atoms with Crippen LogP contribution in [0.25, 0.3) is 0 Å². The molecule has 0 amide bonds. The Labute approximate surface area is 133 Å². The zero-order chi connectivity index (χ0) is 15.3. The Morgan fingerprint density at radius 3 is 2.86 bits per heavy atom. The molecule has 1 aromatic rings. The van der Waals surface area contributed by atoms with E-state index in [9.17, 15) is 0 Å². The summed E-state index contributed by atoms with van der Waals surface area (Å²) in [7, 11) is 1.70. The van der Waals surface area contributed by atoms with Crippen LogP contribution in [0.5, 0.6) is 5.75 Å². The molecule has 0 atom stereocenters. The van der Waals surface area contributed by atoms with Gasteiger partial charge in [0.2, 0.25) is 0 Å². The maximum Gasteiger partial charge on any atom is 0.142 e. The van der Waals surface area contributed by atoms with Gasteiger partial charge in [0.15, 0.2) is 0 Å². The number of nitrogens with one attached hydrogen (secondary N) is 1. The molecule has 3 nitrogen and oxygen atoms in total. The largest absolute Gasteiger partial charge is 0.492 e. The molecule has 1 aromatic carbocycles. The molecule has 21 heavy (non-hydrogen) atoms. The molecule has 0 unspecified atom stereocenters. The summed E-state index contributed by atoms with van der Waals surface area (Å²) in [5.74, 6) is 0.799. The summed E-state index contributed by atoms with van der Waals surface area (Å²) in [6, 6.07) is 5.86. The third-order valence-corrected chi connectivity index (χ3v) is 3.44. The third-order valence-electron chi connectivity index (χ3n) is 3.15. The molecule has 0 heterocycles. The van der Waals surface area contributed by atoms with Crippen molar-refractivity contribution < 1.29 is 9.47 Å². The van der Waals surface area contributed by atoms with Crippen LogP contribution in [0.1, 0.15) is 31.2 Å². The lowest BCUT2D eigenvalue weighted by molar-refractivity contribution is 0.199. The van der Waals surface area contributed by atoms with Crippen molar-refractivity contribution in [1.82, 2.24) is 5.32 Å². The first-order valence-corrected chi connectivity index (χ1v) is 7.88. The van der Waals surface area contributed by atoms with E-state index in [2.05, 4.69) is 11.9 Å². The van der Waals surface area contributed by atoms with Gasteiger partial charge in [-0.15, -0.1) is 6.58 Å². The molecule has 0 bridgehead atoms. The van der Waals surface area contributed by atoms with Gasteiger partial charge in [-0.1, -0.05) is 29.8 Å². The molecule has 118 valence electrons. The number of rotatable bonds is 12. The van der Waals surface area contributed by atoms with E-state index < -0.39 is 0 Å². The first-order chi connectivity index (χ1) is 10.3. The zero-order valence-electron chi connectivity index (χ0n) is 12.9.